The Balaban J connectivity index is 2.10. The summed E-state index contributed by atoms with van der Waals surface area (Å²) in [5.74, 6) is -0.222. The molecule has 0 aliphatic carbocycles. The Bertz CT molecular complexity index is 590. The van der Waals surface area contributed by atoms with E-state index >= 15 is 0 Å². The molecule has 0 unspecified atom stereocenters. The maximum atomic E-state index is 12.1. The maximum absolute atomic E-state index is 12.1. The molecule has 19 heavy (non-hydrogen) atoms. The molecule has 0 atom stereocenters. The summed E-state index contributed by atoms with van der Waals surface area (Å²) >= 11 is 0. The number of nitrogens with one attached hydrogen (secondary N) is 1. The number of amides is 1. The van der Waals surface area contributed by atoms with Gasteiger partial charge in [-0.05, 0) is 31.0 Å². The van der Waals surface area contributed by atoms with Crippen molar-refractivity contribution in [3.05, 3.63) is 41.5 Å². The molecule has 3 N–H and O–H groups in total. The highest BCUT2D eigenvalue weighted by molar-refractivity contribution is 5.97. The third-order valence-electron chi connectivity index (χ3n) is 2.97. The van der Waals surface area contributed by atoms with E-state index in [0.717, 1.165) is 11.1 Å². The van der Waals surface area contributed by atoms with Crippen molar-refractivity contribution in [1.82, 2.24) is 20.1 Å². The van der Waals surface area contributed by atoms with Crippen molar-refractivity contribution in [2.24, 2.45) is 0 Å². The summed E-state index contributed by atoms with van der Waals surface area (Å²) in [6, 6.07) is 1.91. The second kappa shape index (κ2) is 5.51. The lowest BCUT2D eigenvalue weighted by molar-refractivity contribution is 0.0941. The maximum Gasteiger partial charge on any atom is 0.271 e. The second-order valence-electron chi connectivity index (χ2n) is 4.25. The van der Waals surface area contributed by atoms with Gasteiger partial charge in [-0.2, -0.15) is 5.10 Å². The lowest BCUT2D eigenvalue weighted by Crippen LogP contribution is -2.27. The third kappa shape index (κ3) is 2.73. The molecule has 2 aromatic heterocycles. The molecule has 2 heterocycles. The number of hydrogen-bond acceptors (Lipinski definition) is 4. The van der Waals surface area contributed by atoms with Crippen LogP contribution >= 0.6 is 0 Å². The van der Waals surface area contributed by atoms with Crippen molar-refractivity contribution in [3.8, 4) is 0 Å². The normalized spacial score (nSPS) is 10.4. The fourth-order valence-electron chi connectivity index (χ4n) is 1.83. The van der Waals surface area contributed by atoms with E-state index in [0.29, 0.717) is 24.5 Å². The van der Waals surface area contributed by atoms with Crippen LogP contribution in [-0.4, -0.2) is 20.7 Å². The quantitative estimate of drug-likeness (QED) is 0.861. The van der Waals surface area contributed by atoms with Crippen molar-refractivity contribution in [3.63, 3.8) is 0 Å². The van der Waals surface area contributed by atoms with Gasteiger partial charge in [-0.1, -0.05) is 0 Å². The number of carbonyl (C=O) groups excluding carboxylic acids is 1. The molecule has 0 radical (unpaired) electrons. The fraction of sp³-hybridized carbons (Fsp3) is 0.308. The van der Waals surface area contributed by atoms with Gasteiger partial charge >= 0.3 is 0 Å². The van der Waals surface area contributed by atoms with Crippen LogP contribution in [0.4, 0.5) is 5.69 Å². The zero-order valence-electron chi connectivity index (χ0n) is 11.1. The summed E-state index contributed by atoms with van der Waals surface area (Å²) in [5, 5.41) is 6.88. The van der Waals surface area contributed by atoms with Gasteiger partial charge in [0.25, 0.3) is 5.91 Å². The third-order valence-corrected chi connectivity index (χ3v) is 2.97. The highest BCUT2D eigenvalue weighted by Gasteiger charge is 2.15. The zero-order chi connectivity index (χ0) is 13.8. The Kier molecular flexibility index (Phi) is 3.79. The van der Waals surface area contributed by atoms with Crippen molar-refractivity contribution in [1.29, 1.82) is 0 Å². The zero-order valence-corrected chi connectivity index (χ0v) is 11.1. The Hall–Kier alpha value is -2.37. The van der Waals surface area contributed by atoms with Crippen LogP contribution in [0.1, 0.15) is 28.5 Å². The summed E-state index contributed by atoms with van der Waals surface area (Å²) in [5.41, 5.74) is 8.63. The molecule has 1 amide bonds. The number of pyridine rings is 1. The number of hydrogen-bond donors (Lipinski definition) is 2. The first-order valence-electron chi connectivity index (χ1n) is 6.12. The minimum atomic E-state index is -0.222. The van der Waals surface area contributed by atoms with Gasteiger partial charge < -0.3 is 11.1 Å². The first kappa shape index (κ1) is 13.1. The molecule has 100 valence electrons. The average molecular weight is 259 g/mol. The van der Waals surface area contributed by atoms with E-state index in [1.807, 2.05) is 19.9 Å². The van der Waals surface area contributed by atoms with E-state index in [2.05, 4.69) is 15.4 Å². The van der Waals surface area contributed by atoms with Gasteiger partial charge in [-0.25, -0.2) is 0 Å². The van der Waals surface area contributed by atoms with Gasteiger partial charge in [0.1, 0.15) is 5.69 Å². The van der Waals surface area contributed by atoms with Crippen LogP contribution in [0, 0.1) is 6.92 Å². The molecule has 0 aliphatic heterocycles. The smallest absolute Gasteiger partial charge is 0.271 e. The topological polar surface area (TPSA) is 85.8 Å². The predicted octanol–water partition coefficient (Wildman–Crippen LogP) is 1.12. The predicted molar refractivity (Wildman–Crippen MR) is 72.5 cm³/mol. The number of rotatable bonds is 4. The molecule has 0 aliphatic rings. The molecule has 6 nitrogen and oxygen atoms in total. The van der Waals surface area contributed by atoms with Crippen molar-refractivity contribution < 1.29 is 4.79 Å². The van der Waals surface area contributed by atoms with Gasteiger partial charge in [0.2, 0.25) is 0 Å². The SMILES string of the molecule is CCn1ncc(N)c1C(=O)NCc1cnccc1C. The number of carbonyl (C=O) groups is 1. The molecule has 0 bridgehead atoms. The molecule has 0 fully saturated rings. The van der Waals surface area contributed by atoms with E-state index in [9.17, 15) is 4.79 Å². The molecule has 2 aromatic rings. The van der Waals surface area contributed by atoms with Crippen LogP contribution in [0.5, 0.6) is 0 Å². The highest BCUT2D eigenvalue weighted by atomic mass is 16.2. The Labute approximate surface area is 111 Å². The van der Waals surface area contributed by atoms with Crippen LogP contribution < -0.4 is 11.1 Å². The number of nitrogen functional groups attached to an aromatic ring is 1. The van der Waals surface area contributed by atoms with E-state index in [4.69, 9.17) is 5.73 Å². The van der Waals surface area contributed by atoms with E-state index in [1.165, 1.54) is 6.20 Å². The van der Waals surface area contributed by atoms with Gasteiger partial charge in [0.15, 0.2) is 0 Å². The Morgan fingerprint density at radius 3 is 2.95 bits per heavy atom. The van der Waals surface area contributed by atoms with Gasteiger partial charge in [0, 0.05) is 25.5 Å². The summed E-state index contributed by atoms with van der Waals surface area (Å²) in [6.07, 6.45) is 4.97. The molecular formula is C13H17N5O. The van der Waals surface area contributed by atoms with Crippen LogP contribution in [0.15, 0.2) is 24.7 Å². The first-order chi connectivity index (χ1) is 9.13. The Morgan fingerprint density at radius 1 is 1.47 bits per heavy atom. The summed E-state index contributed by atoms with van der Waals surface area (Å²) in [7, 11) is 0. The Morgan fingerprint density at radius 2 is 2.26 bits per heavy atom. The number of nitrogens with two attached hydrogens (primary N) is 1. The van der Waals surface area contributed by atoms with Crippen molar-refractivity contribution >= 4 is 11.6 Å². The largest absolute Gasteiger partial charge is 0.396 e. The average Bonchev–Trinajstić information content (AvgIpc) is 2.78. The molecule has 0 saturated carbocycles. The minimum absolute atomic E-state index is 0.222. The van der Waals surface area contributed by atoms with Crippen molar-refractivity contribution in [2.45, 2.75) is 26.9 Å². The van der Waals surface area contributed by atoms with Crippen LogP contribution in [0.25, 0.3) is 0 Å². The lowest BCUT2D eigenvalue weighted by Gasteiger charge is -2.09. The van der Waals surface area contributed by atoms with E-state index in [1.54, 1.807) is 17.1 Å². The number of aryl methyl sites for hydroxylation is 2. The summed E-state index contributed by atoms with van der Waals surface area (Å²) in [4.78, 5) is 16.2. The molecular weight excluding hydrogens is 242 g/mol. The number of nitrogens with zero attached hydrogens (tertiary/aromatic N) is 3. The van der Waals surface area contributed by atoms with E-state index < -0.39 is 0 Å². The van der Waals surface area contributed by atoms with Gasteiger partial charge in [0.05, 0.1) is 11.9 Å². The van der Waals surface area contributed by atoms with Gasteiger partial charge in [-0.15, -0.1) is 0 Å². The van der Waals surface area contributed by atoms with Crippen LogP contribution in [-0.2, 0) is 13.1 Å². The van der Waals surface area contributed by atoms with Crippen molar-refractivity contribution in [2.75, 3.05) is 5.73 Å². The fourth-order valence-corrected chi connectivity index (χ4v) is 1.83. The number of anilines is 1. The van der Waals surface area contributed by atoms with Crippen LogP contribution in [0.3, 0.4) is 0 Å². The molecule has 0 aromatic carbocycles. The highest BCUT2D eigenvalue weighted by Crippen LogP contribution is 2.11. The molecule has 6 heteroatoms. The summed E-state index contributed by atoms with van der Waals surface area (Å²) in [6.45, 7) is 4.92. The first-order valence-corrected chi connectivity index (χ1v) is 6.12. The second-order valence-corrected chi connectivity index (χ2v) is 4.25. The van der Waals surface area contributed by atoms with Crippen LogP contribution in [0.2, 0.25) is 0 Å². The molecule has 0 spiro atoms. The summed E-state index contributed by atoms with van der Waals surface area (Å²) < 4.78 is 1.58. The number of aromatic nitrogens is 3. The molecule has 2 rings (SSSR count). The van der Waals surface area contributed by atoms with Gasteiger partial charge in [-0.3, -0.25) is 14.5 Å². The monoisotopic (exact) mass is 259 g/mol. The minimum Gasteiger partial charge on any atom is -0.396 e. The standard InChI is InChI=1S/C13H17N5O/c1-3-18-12(11(14)8-17-18)13(19)16-7-10-6-15-5-4-9(10)2/h4-6,8H,3,7,14H2,1-2H3,(H,16,19). The molecule has 0 saturated heterocycles. The van der Waals surface area contributed by atoms with E-state index in [-0.39, 0.29) is 5.91 Å². The lowest BCUT2D eigenvalue weighted by atomic mass is 10.1.